The number of hydrogen-bond donors (Lipinski definition) is 2. The van der Waals surface area contributed by atoms with Gasteiger partial charge in [-0.2, -0.15) is 0 Å². The molecule has 2 heterocycles. The Balaban J connectivity index is 1.89. The average molecular weight is 276 g/mol. The molecule has 0 radical (unpaired) electrons. The minimum Gasteiger partial charge on any atom is -0.381 e. The van der Waals surface area contributed by atoms with Crippen LogP contribution in [-0.4, -0.2) is 46.0 Å². The van der Waals surface area contributed by atoms with Crippen molar-refractivity contribution in [2.24, 2.45) is 5.92 Å². The van der Waals surface area contributed by atoms with Crippen molar-refractivity contribution in [1.82, 2.24) is 10.0 Å². The van der Waals surface area contributed by atoms with Gasteiger partial charge in [0.15, 0.2) is 0 Å². The maximum absolute atomic E-state index is 12.2. The number of rotatable bonds is 4. The molecule has 0 spiro atoms. The van der Waals surface area contributed by atoms with Crippen molar-refractivity contribution in [3.8, 4) is 0 Å². The van der Waals surface area contributed by atoms with Gasteiger partial charge in [0.25, 0.3) is 0 Å². The van der Waals surface area contributed by atoms with Crippen LogP contribution >= 0.6 is 0 Å². The van der Waals surface area contributed by atoms with Gasteiger partial charge in [-0.05, 0) is 51.6 Å². The lowest BCUT2D eigenvalue weighted by Crippen LogP contribution is -2.51. The highest BCUT2D eigenvalue weighted by molar-refractivity contribution is 7.89. The van der Waals surface area contributed by atoms with E-state index in [1.807, 2.05) is 6.92 Å². The molecule has 2 aliphatic rings. The summed E-state index contributed by atoms with van der Waals surface area (Å²) in [4.78, 5) is 0. The van der Waals surface area contributed by atoms with Crippen molar-refractivity contribution >= 4 is 10.0 Å². The van der Waals surface area contributed by atoms with Crippen molar-refractivity contribution in [3.63, 3.8) is 0 Å². The number of hydrogen-bond acceptors (Lipinski definition) is 4. The number of piperidine rings is 1. The molecule has 0 saturated carbocycles. The van der Waals surface area contributed by atoms with Gasteiger partial charge >= 0.3 is 0 Å². The zero-order valence-corrected chi connectivity index (χ0v) is 11.9. The highest BCUT2D eigenvalue weighted by atomic mass is 32.2. The molecule has 0 aromatic carbocycles. The van der Waals surface area contributed by atoms with Gasteiger partial charge in [0.05, 0.1) is 5.75 Å². The van der Waals surface area contributed by atoms with Crippen LogP contribution in [0.4, 0.5) is 0 Å². The monoisotopic (exact) mass is 276 g/mol. The molecule has 2 aliphatic heterocycles. The van der Waals surface area contributed by atoms with Crippen LogP contribution in [0.3, 0.4) is 0 Å². The van der Waals surface area contributed by atoms with E-state index in [0.717, 1.165) is 38.8 Å². The van der Waals surface area contributed by atoms with Gasteiger partial charge < -0.3 is 10.1 Å². The standard InChI is InChI=1S/C12H24N2O3S/c1-12(4-7-17-8-5-12)14-18(15,16)10-11-3-2-6-13-9-11/h11,13-14H,2-10H2,1H3. The largest absolute Gasteiger partial charge is 0.381 e. The Kier molecular flexibility index (Phi) is 4.64. The Morgan fingerprint density at radius 2 is 2.11 bits per heavy atom. The van der Waals surface area contributed by atoms with Gasteiger partial charge in [-0.3, -0.25) is 0 Å². The third-order valence-electron chi connectivity index (χ3n) is 3.85. The summed E-state index contributed by atoms with van der Waals surface area (Å²) in [6, 6.07) is 0. The fraction of sp³-hybridized carbons (Fsp3) is 1.00. The molecule has 5 nitrogen and oxygen atoms in total. The first-order valence-corrected chi connectivity index (χ1v) is 8.44. The second-order valence-electron chi connectivity index (χ2n) is 5.77. The molecule has 0 bridgehead atoms. The van der Waals surface area contributed by atoms with E-state index in [-0.39, 0.29) is 17.2 Å². The van der Waals surface area contributed by atoms with Crippen molar-refractivity contribution in [1.29, 1.82) is 0 Å². The molecule has 1 atom stereocenters. The van der Waals surface area contributed by atoms with E-state index in [4.69, 9.17) is 4.74 Å². The molecule has 2 N–H and O–H groups in total. The van der Waals surface area contributed by atoms with Crippen LogP contribution < -0.4 is 10.0 Å². The molecule has 2 saturated heterocycles. The lowest BCUT2D eigenvalue weighted by atomic mass is 9.94. The van der Waals surface area contributed by atoms with Crippen molar-refractivity contribution < 1.29 is 13.2 Å². The fourth-order valence-corrected chi connectivity index (χ4v) is 4.66. The maximum atomic E-state index is 12.2. The quantitative estimate of drug-likeness (QED) is 0.783. The van der Waals surface area contributed by atoms with Gasteiger partial charge in [-0.25, -0.2) is 13.1 Å². The molecule has 0 amide bonds. The molecule has 1 unspecified atom stereocenters. The van der Waals surface area contributed by atoms with E-state index in [9.17, 15) is 8.42 Å². The van der Waals surface area contributed by atoms with Gasteiger partial charge in [0.2, 0.25) is 10.0 Å². The SMILES string of the molecule is CC1(NS(=O)(=O)CC2CCCNC2)CCOCC1. The molecule has 2 rings (SSSR count). The van der Waals surface area contributed by atoms with Crippen LogP contribution in [0.5, 0.6) is 0 Å². The number of nitrogens with one attached hydrogen (secondary N) is 2. The van der Waals surface area contributed by atoms with Crippen LogP contribution in [0.15, 0.2) is 0 Å². The lowest BCUT2D eigenvalue weighted by Gasteiger charge is -2.34. The van der Waals surface area contributed by atoms with Crippen molar-refractivity contribution in [2.45, 2.75) is 38.1 Å². The predicted octanol–water partition coefficient (Wildman–Crippen LogP) is 0.475. The zero-order chi connectivity index (χ0) is 13.1. The van der Waals surface area contributed by atoms with Crippen LogP contribution in [0.2, 0.25) is 0 Å². The van der Waals surface area contributed by atoms with E-state index < -0.39 is 10.0 Å². The molecule has 0 aromatic heterocycles. The van der Waals surface area contributed by atoms with E-state index in [0.29, 0.717) is 13.2 Å². The molecular formula is C12H24N2O3S. The summed E-state index contributed by atoms with van der Waals surface area (Å²) in [5.74, 6) is 0.496. The third-order valence-corrected chi connectivity index (χ3v) is 5.57. The first-order valence-electron chi connectivity index (χ1n) is 6.79. The normalized spacial score (nSPS) is 29.1. The molecule has 0 aliphatic carbocycles. The fourth-order valence-electron chi connectivity index (χ4n) is 2.72. The third kappa shape index (κ3) is 4.19. The van der Waals surface area contributed by atoms with Crippen LogP contribution in [-0.2, 0) is 14.8 Å². The minimum atomic E-state index is -3.18. The first kappa shape index (κ1) is 14.2. The molecule has 18 heavy (non-hydrogen) atoms. The summed E-state index contributed by atoms with van der Waals surface area (Å²) < 4.78 is 32.6. The average Bonchev–Trinajstić information content (AvgIpc) is 2.29. The molecule has 2 fully saturated rings. The Morgan fingerprint density at radius 3 is 2.72 bits per heavy atom. The highest BCUT2D eigenvalue weighted by Gasteiger charge is 2.33. The first-order chi connectivity index (χ1) is 8.49. The van der Waals surface area contributed by atoms with Gasteiger partial charge in [-0.15, -0.1) is 0 Å². The Bertz CT molecular complexity index is 358. The van der Waals surface area contributed by atoms with E-state index in [1.54, 1.807) is 0 Å². The second-order valence-corrected chi connectivity index (χ2v) is 7.54. The summed E-state index contributed by atoms with van der Waals surface area (Å²) in [7, 11) is -3.18. The maximum Gasteiger partial charge on any atom is 0.212 e. The molecule has 0 aromatic rings. The van der Waals surface area contributed by atoms with Crippen LogP contribution in [0, 0.1) is 5.92 Å². The topological polar surface area (TPSA) is 67.4 Å². The summed E-state index contributed by atoms with van der Waals surface area (Å²) >= 11 is 0. The number of sulfonamides is 1. The summed E-state index contributed by atoms with van der Waals surface area (Å²) in [5.41, 5.74) is -0.320. The summed E-state index contributed by atoms with van der Waals surface area (Å²) in [5, 5.41) is 3.26. The van der Waals surface area contributed by atoms with E-state index in [2.05, 4.69) is 10.0 Å². The summed E-state index contributed by atoms with van der Waals surface area (Å²) in [6.07, 6.45) is 3.60. The van der Waals surface area contributed by atoms with Gasteiger partial charge in [0, 0.05) is 18.8 Å². The zero-order valence-electron chi connectivity index (χ0n) is 11.1. The Labute approximate surface area is 110 Å². The van der Waals surface area contributed by atoms with Crippen molar-refractivity contribution in [3.05, 3.63) is 0 Å². The second kappa shape index (κ2) is 5.86. The van der Waals surface area contributed by atoms with Crippen LogP contribution in [0.1, 0.15) is 32.6 Å². The lowest BCUT2D eigenvalue weighted by molar-refractivity contribution is 0.0537. The molecule has 106 valence electrons. The highest BCUT2D eigenvalue weighted by Crippen LogP contribution is 2.22. The van der Waals surface area contributed by atoms with Gasteiger partial charge in [0.1, 0.15) is 0 Å². The number of ether oxygens (including phenoxy) is 1. The van der Waals surface area contributed by atoms with Gasteiger partial charge in [-0.1, -0.05) is 0 Å². The minimum absolute atomic E-state index is 0.246. The van der Waals surface area contributed by atoms with Crippen LogP contribution in [0.25, 0.3) is 0 Å². The Morgan fingerprint density at radius 1 is 1.39 bits per heavy atom. The van der Waals surface area contributed by atoms with E-state index in [1.165, 1.54) is 0 Å². The molecule has 6 heteroatoms. The smallest absolute Gasteiger partial charge is 0.212 e. The summed E-state index contributed by atoms with van der Waals surface area (Å²) in [6.45, 7) is 5.10. The Hall–Kier alpha value is -0.170. The van der Waals surface area contributed by atoms with E-state index >= 15 is 0 Å². The van der Waals surface area contributed by atoms with Crippen molar-refractivity contribution in [2.75, 3.05) is 32.1 Å². The molecular weight excluding hydrogens is 252 g/mol. The predicted molar refractivity (Wildman–Crippen MR) is 71.0 cm³/mol.